The number of aromatic nitrogens is 2. The number of carboxylic acids is 1. The van der Waals surface area contributed by atoms with Gasteiger partial charge >= 0.3 is 5.97 Å². The largest absolute Gasteiger partial charge is 0.481 e. The number of nitrogens with zero attached hydrogens (tertiary/aromatic N) is 1. The molecule has 0 saturated heterocycles. The van der Waals surface area contributed by atoms with Crippen molar-refractivity contribution in [3.8, 4) is 0 Å². The molecule has 1 aromatic rings. The van der Waals surface area contributed by atoms with Crippen LogP contribution in [-0.4, -0.2) is 110 Å². The highest BCUT2D eigenvalue weighted by Crippen LogP contribution is 2.17. The number of unbranched alkanes of at least 4 members (excludes halogenated alkanes) is 2. The minimum Gasteiger partial charge on any atom is -0.481 e. The average Bonchev–Trinajstić information content (AvgIpc) is 3.52. The maximum atomic E-state index is 12.2. The number of carbonyl (C=O) groups excluding carboxylic acids is 4. The molecule has 0 unspecified atom stereocenters. The number of nitrogens with one attached hydrogen (secondary N) is 3. The highest BCUT2D eigenvalue weighted by molar-refractivity contribution is 5.84. The summed E-state index contributed by atoms with van der Waals surface area (Å²) in [7, 11) is 0. The van der Waals surface area contributed by atoms with E-state index in [1.165, 1.54) is 0 Å². The molecule has 0 aliphatic rings. The number of aromatic amines is 1. The van der Waals surface area contributed by atoms with Crippen molar-refractivity contribution >= 4 is 29.4 Å². The Morgan fingerprint density at radius 2 is 1.45 bits per heavy atom. The molecule has 2 amide bonds. The lowest BCUT2D eigenvalue weighted by molar-refractivity contribution is -0.144. The number of carboxylic acid groups (broad SMARTS) is 1. The molecule has 0 aromatic carbocycles. The number of imidazole rings is 1. The maximum Gasteiger partial charge on any atom is 0.306 e. The first-order chi connectivity index (χ1) is 21.3. The zero-order valence-corrected chi connectivity index (χ0v) is 25.9. The van der Waals surface area contributed by atoms with E-state index in [1.54, 1.807) is 12.5 Å². The van der Waals surface area contributed by atoms with E-state index in [2.05, 4.69) is 20.6 Å². The Bertz CT molecular complexity index is 942. The molecule has 14 heteroatoms. The van der Waals surface area contributed by atoms with Gasteiger partial charge in [-0.1, -0.05) is 19.8 Å². The van der Waals surface area contributed by atoms with Gasteiger partial charge in [-0.15, -0.1) is 0 Å². The molecule has 14 nitrogen and oxygen atoms in total. The normalized spacial score (nSPS) is 11.7. The van der Waals surface area contributed by atoms with Gasteiger partial charge in [0, 0.05) is 50.7 Å². The highest BCUT2D eigenvalue weighted by Gasteiger charge is 2.20. The second-order valence-electron chi connectivity index (χ2n) is 10.3. The van der Waals surface area contributed by atoms with E-state index in [0.717, 1.165) is 12.1 Å². The van der Waals surface area contributed by atoms with E-state index < -0.39 is 11.9 Å². The lowest BCUT2D eigenvalue weighted by Crippen LogP contribution is -2.31. The first-order valence-electron chi connectivity index (χ1n) is 15.4. The number of aryl methyl sites for hydroxylation is 1. The summed E-state index contributed by atoms with van der Waals surface area (Å²) in [6, 6.07) is 0. The lowest BCUT2D eigenvalue weighted by atomic mass is 9.94. The fourth-order valence-corrected chi connectivity index (χ4v) is 4.03. The van der Waals surface area contributed by atoms with E-state index in [4.69, 9.17) is 18.9 Å². The van der Waals surface area contributed by atoms with Gasteiger partial charge in [-0.25, -0.2) is 4.98 Å². The van der Waals surface area contributed by atoms with Crippen LogP contribution >= 0.6 is 0 Å². The van der Waals surface area contributed by atoms with Gasteiger partial charge in [-0.3, -0.25) is 24.0 Å². The van der Waals surface area contributed by atoms with Gasteiger partial charge in [0.05, 0.1) is 51.9 Å². The third-order valence-electron chi connectivity index (χ3n) is 6.41. The predicted octanol–water partition coefficient (Wildman–Crippen LogP) is 1.62. The van der Waals surface area contributed by atoms with Crippen molar-refractivity contribution in [1.29, 1.82) is 0 Å². The first kappa shape index (κ1) is 38.8. The predicted molar refractivity (Wildman–Crippen MR) is 160 cm³/mol. The number of amides is 2. The molecule has 0 radical (unpaired) electrons. The monoisotopic (exact) mass is 626 g/mol. The second-order valence-corrected chi connectivity index (χ2v) is 10.3. The van der Waals surface area contributed by atoms with Gasteiger partial charge in [0.15, 0.2) is 5.78 Å². The van der Waals surface area contributed by atoms with Crippen LogP contribution in [-0.2, 0) is 49.3 Å². The van der Waals surface area contributed by atoms with Crippen LogP contribution in [0, 0.1) is 5.92 Å². The molecular formula is C30H50N4O10. The molecule has 250 valence electrons. The Labute approximate surface area is 259 Å². The summed E-state index contributed by atoms with van der Waals surface area (Å²) < 4.78 is 21.3. The van der Waals surface area contributed by atoms with Crippen LogP contribution in [0.2, 0.25) is 0 Å². The molecule has 0 bridgehead atoms. The van der Waals surface area contributed by atoms with Crippen molar-refractivity contribution in [2.45, 2.75) is 71.1 Å². The summed E-state index contributed by atoms with van der Waals surface area (Å²) in [4.78, 5) is 65.5. The maximum absolute atomic E-state index is 12.2. The van der Waals surface area contributed by atoms with Crippen molar-refractivity contribution < 1.29 is 48.0 Å². The van der Waals surface area contributed by atoms with Crippen LogP contribution in [0.1, 0.15) is 70.4 Å². The minimum atomic E-state index is -0.969. The van der Waals surface area contributed by atoms with Crippen LogP contribution in [0.15, 0.2) is 12.5 Å². The number of ether oxygens (including phenoxy) is 4. The van der Waals surface area contributed by atoms with Gasteiger partial charge in [-0.05, 0) is 25.7 Å². The number of rotatable bonds is 30. The van der Waals surface area contributed by atoms with Gasteiger partial charge in [0.1, 0.15) is 19.0 Å². The van der Waals surface area contributed by atoms with Crippen LogP contribution in [0.25, 0.3) is 0 Å². The molecule has 1 rings (SSSR count). The summed E-state index contributed by atoms with van der Waals surface area (Å²) >= 11 is 0. The number of hydrogen-bond acceptors (Lipinski definition) is 10. The Hall–Kier alpha value is -3.20. The number of hydrogen-bond donors (Lipinski definition) is 4. The zero-order chi connectivity index (χ0) is 32.3. The number of H-pyrrole nitrogens is 1. The first-order valence-corrected chi connectivity index (χ1v) is 15.4. The molecule has 4 N–H and O–H groups in total. The summed E-state index contributed by atoms with van der Waals surface area (Å²) in [5.41, 5.74) is 0.844. The fourth-order valence-electron chi connectivity index (χ4n) is 4.03. The van der Waals surface area contributed by atoms with Crippen LogP contribution in [0.5, 0.6) is 0 Å². The summed E-state index contributed by atoms with van der Waals surface area (Å²) in [6.07, 6.45) is 8.00. The van der Waals surface area contributed by atoms with E-state index in [9.17, 15) is 29.1 Å². The molecule has 1 heterocycles. The molecule has 0 spiro atoms. The lowest BCUT2D eigenvalue weighted by Gasteiger charge is -2.11. The quantitative estimate of drug-likeness (QED) is 0.0906. The molecule has 0 aliphatic heterocycles. The van der Waals surface area contributed by atoms with Gasteiger partial charge < -0.3 is 39.7 Å². The number of carbonyl (C=O) groups is 5. The standard InChI is InChI=1S/C30H50N4O10/c1-2-6-28(37)32-11-13-41-16-18-44-22-29(38)33-12-14-42-15-17-43-21-27(36)8-5-3-4-7-24(30(39)40)19-26(35)10-9-25-20-31-23-34-25/h20,23-24H,2-19,21-22H2,1H3,(H,31,34)(H,32,37)(H,33,38)(H,39,40)/t24-/m1/s1. The van der Waals surface area contributed by atoms with Crippen molar-refractivity contribution in [2.24, 2.45) is 5.92 Å². The van der Waals surface area contributed by atoms with E-state index in [-0.39, 0.29) is 69.3 Å². The SMILES string of the molecule is CCCC(=O)NCCOCCOCC(=O)NCCOCCOCC(=O)CCCCC[C@H](CC(=O)CCc1cnc[nH]1)C(=O)O. The van der Waals surface area contributed by atoms with E-state index in [1.807, 2.05) is 6.92 Å². The molecule has 0 saturated carbocycles. The Morgan fingerprint density at radius 3 is 2.09 bits per heavy atom. The summed E-state index contributed by atoms with van der Waals surface area (Å²) in [6.45, 7) is 4.41. The van der Waals surface area contributed by atoms with Crippen LogP contribution < -0.4 is 10.6 Å². The van der Waals surface area contributed by atoms with Crippen molar-refractivity contribution in [3.05, 3.63) is 18.2 Å². The highest BCUT2D eigenvalue weighted by atomic mass is 16.5. The third-order valence-corrected chi connectivity index (χ3v) is 6.41. The Kier molecular flexibility index (Phi) is 23.1. The van der Waals surface area contributed by atoms with Crippen molar-refractivity contribution in [3.63, 3.8) is 0 Å². The molecule has 0 fully saturated rings. The topological polar surface area (TPSA) is 195 Å². The third kappa shape index (κ3) is 22.4. The molecule has 1 aromatic heterocycles. The zero-order valence-electron chi connectivity index (χ0n) is 25.9. The molecule has 44 heavy (non-hydrogen) atoms. The average molecular weight is 627 g/mol. The van der Waals surface area contributed by atoms with Crippen molar-refractivity contribution in [2.75, 3.05) is 65.9 Å². The Morgan fingerprint density at radius 1 is 0.795 bits per heavy atom. The number of ketones is 2. The second kappa shape index (κ2) is 26.2. The van der Waals surface area contributed by atoms with E-state index >= 15 is 0 Å². The minimum absolute atomic E-state index is 0.00548. The van der Waals surface area contributed by atoms with Gasteiger partial charge in [0.2, 0.25) is 11.8 Å². The summed E-state index contributed by atoms with van der Waals surface area (Å²) in [5.74, 6) is -2.06. The Balaban J connectivity index is 1.90. The molecule has 0 aliphatic carbocycles. The van der Waals surface area contributed by atoms with Crippen LogP contribution in [0.4, 0.5) is 0 Å². The molecule has 1 atom stereocenters. The number of Topliss-reactive ketones (excluding diaryl/α,β-unsaturated/α-hetero) is 2. The van der Waals surface area contributed by atoms with Crippen LogP contribution in [0.3, 0.4) is 0 Å². The smallest absolute Gasteiger partial charge is 0.306 e. The van der Waals surface area contributed by atoms with Crippen molar-refractivity contribution in [1.82, 2.24) is 20.6 Å². The van der Waals surface area contributed by atoms with E-state index in [0.29, 0.717) is 77.9 Å². The number of aliphatic carboxylic acids is 1. The summed E-state index contributed by atoms with van der Waals surface area (Å²) in [5, 5.41) is 14.8. The van der Waals surface area contributed by atoms with Gasteiger partial charge in [-0.2, -0.15) is 0 Å². The fraction of sp³-hybridized carbons (Fsp3) is 0.733. The molecular weight excluding hydrogens is 576 g/mol. The van der Waals surface area contributed by atoms with Gasteiger partial charge in [0.25, 0.3) is 0 Å².